The van der Waals surface area contributed by atoms with Crippen molar-refractivity contribution in [2.75, 3.05) is 40.9 Å². The van der Waals surface area contributed by atoms with E-state index < -0.39 is 44.3 Å². The molecule has 0 amide bonds. The molecule has 32 heavy (non-hydrogen) atoms. The van der Waals surface area contributed by atoms with E-state index in [1.165, 1.54) is 0 Å². The van der Waals surface area contributed by atoms with E-state index in [0.717, 1.165) is 38.5 Å². The predicted octanol–water partition coefficient (Wildman–Crippen LogP) is 3.00. The molecule has 9 nitrogen and oxygen atoms in total. The van der Waals surface area contributed by atoms with Crippen molar-refractivity contribution in [3.63, 3.8) is 0 Å². The van der Waals surface area contributed by atoms with Crippen LogP contribution in [0, 0.1) is 0 Å². The van der Waals surface area contributed by atoms with E-state index in [1.54, 1.807) is 21.1 Å². The summed E-state index contributed by atoms with van der Waals surface area (Å²) in [6, 6.07) is 0. The lowest BCUT2D eigenvalue weighted by molar-refractivity contribution is -0.874. The van der Waals surface area contributed by atoms with Gasteiger partial charge in [-0.2, -0.15) is 0 Å². The summed E-state index contributed by atoms with van der Waals surface area (Å²) in [6.45, 7) is 2.64. The van der Waals surface area contributed by atoms with Crippen LogP contribution in [-0.4, -0.2) is 83.8 Å². The third-order valence-corrected chi connectivity index (χ3v) is 6.04. The highest BCUT2D eigenvalue weighted by Gasteiger charge is 2.54. The highest BCUT2D eigenvalue weighted by molar-refractivity contribution is 7.47. The van der Waals surface area contributed by atoms with Gasteiger partial charge in [0.05, 0.1) is 34.4 Å². The highest BCUT2D eigenvalue weighted by atomic mass is 31.2. The van der Waals surface area contributed by atoms with Crippen LogP contribution in [-0.2, 0) is 23.2 Å². The van der Waals surface area contributed by atoms with Crippen LogP contribution in [0.3, 0.4) is 0 Å². The fourth-order valence-corrected chi connectivity index (χ4v) is 4.48. The molecule has 1 unspecified atom stereocenters. The number of unbranched alkanes of at least 4 members (excludes halogenated alkanes) is 6. The largest absolute Gasteiger partial charge is 0.473 e. The number of carbonyl (C=O) groups excluding carboxylic acids is 2. The Morgan fingerprint density at radius 3 is 1.78 bits per heavy atom. The molecular formula is C22H45NO8P+. The number of rotatable bonds is 20. The summed E-state index contributed by atoms with van der Waals surface area (Å²) in [5, 5.41) is 18.4. The van der Waals surface area contributed by atoms with Gasteiger partial charge in [0.15, 0.2) is 11.6 Å². The summed E-state index contributed by atoms with van der Waals surface area (Å²) in [5.41, 5.74) is -2.12. The molecule has 190 valence electrons. The minimum Gasteiger partial charge on any atom is -0.394 e. The molecule has 0 saturated carbocycles. The molecule has 0 aliphatic heterocycles. The molecule has 0 saturated heterocycles. The van der Waals surface area contributed by atoms with Gasteiger partial charge in [0.2, 0.25) is 5.60 Å². The predicted molar refractivity (Wildman–Crippen MR) is 123 cm³/mol. The average molecular weight is 483 g/mol. The van der Waals surface area contributed by atoms with E-state index in [4.69, 9.17) is 14.2 Å². The lowest BCUT2D eigenvalue weighted by atomic mass is 9.86. The van der Waals surface area contributed by atoms with Gasteiger partial charge in [-0.3, -0.25) is 18.6 Å². The lowest BCUT2D eigenvalue weighted by Gasteiger charge is -2.37. The Bertz CT molecular complexity index is 581. The van der Waals surface area contributed by atoms with Crippen LogP contribution in [0.2, 0.25) is 0 Å². The van der Waals surface area contributed by atoms with Crippen molar-refractivity contribution < 1.29 is 42.8 Å². The van der Waals surface area contributed by atoms with Crippen molar-refractivity contribution >= 4 is 19.4 Å². The van der Waals surface area contributed by atoms with Gasteiger partial charge in [-0.05, 0) is 12.8 Å². The summed E-state index contributed by atoms with van der Waals surface area (Å²) >= 11 is 0. The normalized spacial score (nSPS) is 15.4. The van der Waals surface area contributed by atoms with Crippen LogP contribution >= 0.6 is 7.82 Å². The average Bonchev–Trinajstić information content (AvgIpc) is 2.70. The molecule has 0 aromatic heterocycles. The van der Waals surface area contributed by atoms with Gasteiger partial charge in [0.25, 0.3) is 0 Å². The monoisotopic (exact) mass is 482 g/mol. The quantitative estimate of drug-likeness (QED) is 0.104. The highest BCUT2D eigenvalue weighted by Crippen LogP contribution is 2.49. The first-order valence-corrected chi connectivity index (χ1v) is 13.2. The molecule has 3 N–H and O–H groups in total. The number of phosphoric acid groups is 1. The summed E-state index contributed by atoms with van der Waals surface area (Å²) < 4.78 is 23.1. The number of Topliss-reactive ketones (excluding diaryl/α,β-unsaturated/α-hetero) is 2. The zero-order valence-electron chi connectivity index (χ0n) is 20.5. The van der Waals surface area contributed by atoms with E-state index in [0.29, 0.717) is 12.8 Å². The third kappa shape index (κ3) is 12.5. The topological polar surface area (TPSA) is 130 Å². The van der Waals surface area contributed by atoms with Crippen LogP contribution in [0.1, 0.15) is 78.1 Å². The molecule has 0 radical (unpaired) electrons. The maximum absolute atomic E-state index is 13.4. The first-order chi connectivity index (χ1) is 14.8. The number of hydrogen-bond acceptors (Lipinski definition) is 7. The Hall–Kier alpha value is -0.670. The number of phosphoric ester groups is 1. The molecule has 0 aliphatic rings. The van der Waals surface area contributed by atoms with E-state index in [9.17, 15) is 24.2 Å². The van der Waals surface area contributed by atoms with Crippen LogP contribution in [0.4, 0.5) is 0 Å². The molecule has 2 atom stereocenters. The standard InChI is InChI=1S/C22H44NO8P/c1-6-8-10-12-14-20(26)22(18-23(3,4)5,21(27)15-13-11-9-7-2)31-32(28,29)30-17-19(25)16-24/h19,24-25H,6-18H2,1-5H3/p+1/t19-/m1/s1. The zero-order chi connectivity index (χ0) is 24.8. The van der Waals surface area contributed by atoms with Gasteiger partial charge in [-0.15, -0.1) is 0 Å². The first kappa shape index (κ1) is 31.3. The Morgan fingerprint density at radius 1 is 0.938 bits per heavy atom. The fraction of sp³-hybridized carbons (Fsp3) is 0.909. The molecule has 0 heterocycles. The summed E-state index contributed by atoms with van der Waals surface area (Å²) in [6.07, 6.45) is 5.31. The van der Waals surface area contributed by atoms with E-state index in [-0.39, 0.29) is 23.9 Å². The van der Waals surface area contributed by atoms with Crippen molar-refractivity contribution in [1.29, 1.82) is 0 Å². The van der Waals surface area contributed by atoms with Crippen molar-refractivity contribution in [3.05, 3.63) is 0 Å². The molecule has 0 aromatic rings. The number of aliphatic hydroxyl groups is 2. The maximum Gasteiger partial charge on any atom is 0.473 e. The number of nitrogens with zero attached hydrogens (tertiary/aromatic N) is 1. The Morgan fingerprint density at radius 2 is 1.41 bits per heavy atom. The van der Waals surface area contributed by atoms with Crippen molar-refractivity contribution in [1.82, 2.24) is 0 Å². The minimum atomic E-state index is -4.89. The van der Waals surface area contributed by atoms with Crippen LogP contribution in [0.15, 0.2) is 0 Å². The summed E-state index contributed by atoms with van der Waals surface area (Å²) in [4.78, 5) is 37.1. The number of aliphatic hydroxyl groups excluding tert-OH is 2. The van der Waals surface area contributed by atoms with Gasteiger partial charge >= 0.3 is 7.82 Å². The lowest BCUT2D eigenvalue weighted by Crippen LogP contribution is -2.59. The molecule has 0 bridgehead atoms. The molecule has 0 aliphatic carbocycles. The molecule has 0 aromatic carbocycles. The van der Waals surface area contributed by atoms with Crippen LogP contribution in [0.25, 0.3) is 0 Å². The Labute approximate surface area is 193 Å². The zero-order valence-corrected chi connectivity index (χ0v) is 21.4. The van der Waals surface area contributed by atoms with Gasteiger partial charge in [0, 0.05) is 12.8 Å². The van der Waals surface area contributed by atoms with Crippen molar-refractivity contribution in [2.45, 2.75) is 89.8 Å². The Kier molecular flexibility index (Phi) is 15.0. The SMILES string of the molecule is CCCCCCC(=O)C(C[N+](C)(C)C)(OP(=O)(O)OC[C@H](O)CO)C(=O)CCCCCC. The summed E-state index contributed by atoms with van der Waals surface area (Å²) in [5.74, 6) is -1.05. The molecular weight excluding hydrogens is 437 g/mol. The molecule has 0 fully saturated rings. The van der Waals surface area contributed by atoms with Gasteiger partial charge in [0.1, 0.15) is 12.6 Å². The van der Waals surface area contributed by atoms with E-state index in [1.807, 2.05) is 13.8 Å². The minimum absolute atomic E-state index is 0.0555. The smallest absolute Gasteiger partial charge is 0.394 e. The second-order valence-corrected chi connectivity index (χ2v) is 10.8. The molecule has 0 spiro atoms. The second-order valence-electron chi connectivity index (χ2n) is 9.44. The summed E-state index contributed by atoms with van der Waals surface area (Å²) in [7, 11) is 0.421. The maximum atomic E-state index is 13.4. The van der Waals surface area contributed by atoms with Crippen molar-refractivity contribution in [3.8, 4) is 0 Å². The number of ketones is 2. The first-order valence-electron chi connectivity index (χ1n) is 11.7. The van der Waals surface area contributed by atoms with E-state index in [2.05, 4.69) is 0 Å². The van der Waals surface area contributed by atoms with Gasteiger partial charge in [-0.1, -0.05) is 52.4 Å². The van der Waals surface area contributed by atoms with Gasteiger partial charge < -0.3 is 19.6 Å². The second kappa shape index (κ2) is 15.3. The van der Waals surface area contributed by atoms with Crippen molar-refractivity contribution in [2.24, 2.45) is 0 Å². The van der Waals surface area contributed by atoms with Crippen LogP contribution in [0.5, 0.6) is 0 Å². The van der Waals surface area contributed by atoms with Crippen LogP contribution < -0.4 is 0 Å². The van der Waals surface area contributed by atoms with E-state index >= 15 is 0 Å². The Balaban J connectivity index is 5.91. The fourth-order valence-electron chi connectivity index (χ4n) is 3.42. The number of hydrogen-bond donors (Lipinski definition) is 3. The molecule has 0 rings (SSSR count). The number of carbonyl (C=O) groups is 2. The third-order valence-electron chi connectivity index (χ3n) is 5.02. The number of likely N-dealkylation sites (N-methyl/N-ethyl adjacent to an activating group) is 1. The van der Waals surface area contributed by atoms with Gasteiger partial charge in [-0.25, -0.2) is 4.57 Å². The molecule has 10 heteroatoms. The number of quaternary nitrogens is 1.